The van der Waals surface area contributed by atoms with Crippen molar-refractivity contribution in [3.63, 3.8) is 0 Å². The molecule has 2 rings (SSSR count). The van der Waals surface area contributed by atoms with Gasteiger partial charge < -0.3 is 15.0 Å². The van der Waals surface area contributed by atoms with Crippen molar-refractivity contribution in [2.24, 2.45) is 17.6 Å². The fraction of sp³-hybridized carbons (Fsp3) is 0.833. The van der Waals surface area contributed by atoms with Gasteiger partial charge in [0.2, 0.25) is 11.7 Å². The summed E-state index contributed by atoms with van der Waals surface area (Å²) in [7, 11) is 1.70. The molecule has 1 aliphatic carbocycles. The monoisotopic (exact) mass is 239 g/mol. The molecule has 2 N–H and O–H groups in total. The van der Waals surface area contributed by atoms with Gasteiger partial charge in [-0.05, 0) is 24.7 Å². The van der Waals surface area contributed by atoms with Gasteiger partial charge in [0.1, 0.15) is 6.10 Å². The van der Waals surface area contributed by atoms with Crippen LogP contribution in [0.1, 0.15) is 50.4 Å². The molecule has 1 fully saturated rings. The van der Waals surface area contributed by atoms with Gasteiger partial charge in [0.15, 0.2) is 0 Å². The lowest BCUT2D eigenvalue weighted by molar-refractivity contribution is 0.0751. The highest BCUT2D eigenvalue weighted by Crippen LogP contribution is 2.42. The molecule has 2 atom stereocenters. The number of rotatable bonds is 6. The predicted octanol–water partition coefficient (Wildman–Crippen LogP) is 1.87. The first-order chi connectivity index (χ1) is 8.17. The van der Waals surface area contributed by atoms with Crippen molar-refractivity contribution in [2.45, 2.75) is 38.7 Å². The zero-order chi connectivity index (χ0) is 12.4. The zero-order valence-electron chi connectivity index (χ0n) is 10.7. The molecular weight excluding hydrogens is 218 g/mol. The van der Waals surface area contributed by atoms with E-state index in [-0.39, 0.29) is 12.0 Å². The van der Waals surface area contributed by atoms with Gasteiger partial charge in [-0.25, -0.2) is 0 Å². The Morgan fingerprint density at radius 1 is 1.47 bits per heavy atom. The molecule has 1 aromatic rings. The van der Waals surface area contributed by atoms with Gasteiger partial charge in [-0.1, -0.05) is 19.0 Å². The van der Waals surface area contributed by atoms with E-state index in [1.165, 1.54) is 12.8 Å². The number of ether oxygens (including phenoxy) is 1. The van der Waals surface area contributed by atoms with Crippen LogP contribution in [0.4, 0.5) is 0 Å². The summed E-state index contributed by atoms with van der Waals surface area (Å²) in [5.41, 5.74) is 5.74. The molecule has 2 unspecified atom stereocenters. The van der Waals surface area contributed by atoms with Crippen LogP contribution in [0.2, 0.25) is 0 Å². The Hall–Kier alpha value is -0.940. The van der Waals surface area contributed by atoms with Crippen LogP contribution in [0.15, 0.2) is 4.52 Å². The second-order valence-electron chi connectivity index (χ2n) is 5.07. The van der Waals surface area contributed by atoms with E-state index >= 15 is 0 Å². The van der Waals surface area contributed by atoms with Gasteiger partial charge in [-0.2, -0.15) is 4.98 Å². The van der Waals surface area contributed by atoms with E-state index in [2.05, 4.69) is 24.0 Å². The summed E-state index contributed by atoms with van der Waals surface area (Å²) >= 11 is 0. The van der Waals surface area contributed by atoms with Gasteiger partial charge in [-0.3, -0.25) is 0 Å². The molecule has 1 aliphatic rings. The Balaban J connectivity index is 2.13. The van der Waals surface area contributed by atoms with Gasteiger partial charge in [0.25, 0.3) is 0 Å². The summed E-state index contributed by atoms with van der Waals surface area (Å²) in [6.07, 6.45) is 2.36. The first-order valence-corrected chi connectivity index (χ1v) is 6.23. The first kappa shape index (κ1) is 12.5. The molecule has 96 valence electrons. The minimum Gasteiger partial charge on any atom is -0.373 e. The van der Waals surface area contributed by atoms with Crippen molar-refractivity contribution in [1.29, 1.82) is 0 Å². The van der Waals surface area contributed by atoms with E-state index in [1.807, 2.05) is 0 Å². The maximum Gasteiger partial charge on any atom is 0.231 e. The van der Waals surface area contributed by atoms with Gasteiger partial charge >= 0.3 is 0 Å². The topological polar surface area (TPSA) is 74.2 Å². The summed E-state index contributed by atoms with van der Waals surface area (Å²) in [4.78, 5) is 4.45. The van der Waals surface area contributed by atoms with Gasteiger partial charge in [0.05, 0.1) is 5.92 Å². The van der Waals surface area contributed by atoms with Crippen LogP contribution in [0.25, 0.3) is 0 Å². The maximum absolute atomic E-state index is 5.74. The molecule has 0 aromatic carbocycles. The van der Waals surface area contributed by atoms with Crippen LogP contribution in [-0.4, -0.2) is 23.8 Å². The quantitative estimate of drug-likeness (QED) is 0.820. The van der Waals surface area contributed by atoms with Crippen molar-refractivity contribution >= 4 is 0 Å². The lowest BCUT2D eigenvalue weighted by Crippen LogP contribution is -2.18. The summed E-state index contributed by atoms with van der Waals surface area (Å²) in [5.74, 6) is 2.40. The van der Waals surface area contributed by atoms with E-state index < -0.39 is 0 Å². The maximum atomic E-state index is 5.74. The average molecular weight is 239 g/mol. The average Bonchev–Trinajstić information content (AvgIpc) is 3.01. The van der Waals surface area contributed by atoms with Crippen molar-refractivity contribution in [1.82, 2.24) is 10.1 Å². The first-order valence-electron chi connectivity index (χ1n) is 6.23. The highest BCUT2D eigenvalue weighted by atomic mass is 16.5. The van der Waals surface area contributed by atoms with E-state index in [9.17, 15) is 0 Å². The third-order valence-electron chi connectivity index (χ3n) is 3.39. The molecule has 0 spiro atoms. The largest absolute Gasteiger partial charge is 0.373 e. The summed E-state index contributed by atoms with van der Waals surface area (Å²) in [5, 5.41) is 4.03. The van der Waals surface area contributed by atoms with E-state index in [1.54, 1.807) is 7.11 Å². The second kappa shape index (κ2) is 5.14. The Kier molecular flexibility index (Phi) is 3.79. The third kappa shape index (κ3) is 2.66. The molecule has 5 heteroatoms. The second-order valence-corrected chi connectivity index (χ2v) is 5.07. The fourth-order valence-corrected chi connectivity index (χ4v) is 2.08. The normalized spacial score (nSPS) is 19.6. The number of aromatic nitrogens is 2. The highest BCUT2D eigenvalue weighted by molar-refractivity contribution is 5.02. The van der Waals surface area contributed by atoms with Crippen molar-refractivity contribution in [3.05, 3.63) is 11.7 Å². The van der Waals surface area contributed by atoms with Crippen molar-refractivity contribution < 1.29 is 9.26 Å². The number of methoxy groups -OCH3 is 1. The molecule has 1 aromatic heterocycles. The molecule has 0 bridgehead atoms. The lowest BCUT2D eigenvalue weighted by Gasteiger charge is -2.13. The smallest absolute Gasteiger partial charge is 0.231 e. The van der Waals surface area contributed by atoms with Crippen LogP contribution in [0, 0.1) is 11.8 Å². The summed E-state index contributed by atoms with van der Waals surface area (Å²) in [6, 6.07) is 0. The van der Waals surface area contributed by atoms with Crippen LogP contribution >= 0.6 is 0 Å². The zero-order valence-corrected chi connectivity index (χ0v) is 10.7. The standard InChI is InChI=1S/C12H21N3O2/c1-7(2)9(6-13)12-14-11(15-17-12)10(16-3)8-4-5-8/h7-10H,4-6,13H2,1-3H3. The summed E-state index contributed by atoms with van der Waals surface area (Å²) in [6.45, 7) is 4.74. The SMILES string of the molecule is COC(c1noc(C(CN)C(C)C)n1)C1CC1. The molecule has 1 saturated carbocycles. The van der Waals surface area contributed by atoms with Gasteiger partial charge in [0, 0.05) is 13.7 Å². The number of hydrogen-bond acceptors (Lipinski definition) is 5. The molecule has 0 saturated heterocycles. The Morgan fingerprint density at radius 3 is 2.65 bits per heavy atom. The number of hydrogen-bond donors (Lipinski definition) is 1. The Bertz CT molecular complexity index is 336. The molecule has 5 nitrogen and oxygen atoms in total. The van der Waals surface area contributed by atoms with Crippen molar-refractivity contribution in [2.75, 3.05) is 13.7 Å². The van der Waals surface area contributed by atoms with E-state index in [0.717, 1.165) is 0 Å². The van der Waals surface area contributed by atoms with Crippen LogP contribution in [0.5, 0.6) is 0 Å². The molecule has 0 amide bonds. The number of nitrogens with zero attached hydrogens (tertiary/aromatic N) is 2. The fourth-order valence-electron chi connectivity index (χ4n) is 2.08. The van der Waals surface area contributed by atoms with E-state index in [0.29, 0.717) is 30.1 Å². The van der Waals surface area contributed by atoms with Crippen LogP contribution < -0.4 is 5.73 Å². The van der Waals surface area contributed by atoms with Crippen LogP contribution in [0.3, 0.4) is 0 Å². The van der Waals surface area contributed by atoms with E-state index in [4.69, 9.17) is 15.0 Å². The summed E-state index contributed by atoms with van der Waals surface area (Å²) < 4.78 is 10.7. The third-order valence-corrected chi connectivity index (χ3v) is 3.39. The highest BCUT2D eigenvalue weighted by Gasteiger charge is 2.36. The van der Waals surface area contributed by atoms with Crippen molar-refractivity contribution in [3.8, 4) is 0 Å². The molecule has 0 aliphatic heterocycles. The lowest BCUT2D eigenvalue weighted by atomic mass is 9.96. The van der Waals surface area contributed by atoms with Gasteiger partial charge in [-0.15, -0.1) is 0 Å². The molecule has 17 heavy (non-hydrogen) atoms. The predicted molar refractivity (Wildman–Crippen MR) is 63.4 cm³/mol. The minimum atomic E-state index is -0.0157. The minimum absolute atomic E-state index is 0.0157. The van der Waals surface area contributed by atoms with Crippen LogP contribution in [-0.2, 0) is 4.74 Å². The molecular formula is C12H21N3O2. The Labute approximate surface area is 102 Å². The Morgan fingerprint density at radius 2 is 2.18 bits per heavy atom. The molecule has 0 radical (unpaired) electrons. The molecule has 1 heterocycles. The number of nitrogens with two attached hydrogens (primary N) is 1.